The summed E-state index contributed by atoms with van der Waals surface area (Å²) in [6.07, 6.45) is 2.41. The van der Waals surface area contributed by atoms with Crippen molar-refractivity contribution >= 4 is 11.7 Å². The molecule has 84 valence electrons. The Morgan fingerprint density at radius 1 is 1.47 bits per heavy atom. The van der Waals surface area contributed by atoms with Gasteiger partial charge in [0, 0.05) is 19.6 Å². The van der Waals surface area contributed by atoms with Gasteiger partial charge in [0.2, 0.25) is 5.91 Å². The second-order valence-electron chi connectivity index (χ2n) is 4.39. The van der Waals surface area contributed by atoms with E-state index < -0.39 is 0 Å². The fraction of sp³-hybridized carbons (Fsp3) is 0.818. The van der Waals surface area contributed by atoms with E-state index in [9.17, 15) is 9.59 Å². The number of amides is 1. The van der Waals surface area contributed by atoms with Gasteiger partial charge in [-0.3, -0.25) is 9.59 Å². The van der Waals surface area contributed by atoms with Crippen LogP contribution in [0.3, 0.4) is 0 Å². The van der Waals surface area contributed by atoms with Crippen LogP contribution in [0.25, 0.3) is 0 Å². The fourth-order valence-corrected chi connectivity index (χ4v) is 2.49. The van der Waals surface area contributed by atoms with E-state index in [4.69, 9.17) is 4.74 Å². The molecule has 1 amide bonds. The first-order valence-corrected chi connectivity index (χ1v) is 5.58. The van der Waals surface area contributed by atoms with E-state index in [1.54, 1.807) is 0 Å². The van der Waals surface area contributed by atoms with E-state index in [1.807, 2.05) is 4.90 Å². The topological polar surface area (TPSA) is 46.6 Å². The number of piperidine rings is 1. The number of ketones is 1. The maximum Gasteiger partial charge on any atom is 0.230 e. The predicted octanol–water partition coefficient (Wildman–Crippen LogP) is 0.747. The van der Waals surface area contributed by atoms with Gasteiger partial charge in [0.1, 0.15) is 5.78 Å². The molecule has 2 saturated heterocycles. The van der Waals surface area contributed by atoms with Gasteiger partial charge >= 0.3 is 0 Å². The Kier molecular flexibility index (Phi) is 2.78. The number of hydrogen-bond acceptors (Lipinski definition) is 3. The van der Waals surface area contributed by atoms with Gasteiger partial charge < -0.3 is 9.64 Å². The largest absolute Gasteiger partial charge is 0.379 e. The highest BCUT2D eigenvalue weighted by molar-refractivity contribution is 6.00. The lowest BCUT2D eigenvalue weighted by atomic mass is 9.90. The van der Waals surface area contributed by atoms with Crippen molar-refractivity contribution in [3.8, 4) is 0 Å². The molecule has 2 aliphatic heterocycles. The molecule has 4 heteroatoms. The van der Waals surface area contributed by atoms with Crippen molar-refractivity contribution in [3.05, 3.63) is 0 Å². The van der Waals surface area contributed by atoms with E-state index in [0.29, 0.717) is 19.6 Å². The minimum atomic E-state index is -0.127. The van der Waals surface area contributed by atoms with Crippen LogP contribution in [-0.4, -0.2) is 41.9 Å². The van der Waals surface area contributed by atoms with E-state index in [1.165, 1.54) is 0 Å². The van der Waals surface area contributed by atoms with Gasteiger partial charge in [-0.2, -0.15) is 0 Å². The van der Waals surface area contributed by atoms with Crippen molar-refractivity contribution in [3.63, 3.8) is 0 Å². The summed E-state index contributed by atoms with van der Waals surface area (Å²) in [5, 5.41) is 0. The first kappa shape index (κ1) is 10.6. The molecule has 4 nitrogen and oxygen atoms in total. The second-order valence-corrected chi connectivity index (χ2v) is 4.39. The molecule has 15 heavy (non-hydrogen) atoms. The molecule has 0 bridgehead atoms. The molecule has 2 fully saturated rings. The van der Waals surface area contributed by atoms with Gasteiger partial charge in [0.15, 0.2) is 0 Å². The highest BCUT2D eigenvalue weighted by Gasteiger charge is 2.43. The maximum atomic E-state index is 11.8. The minimum Gasteiger partial charge on any atom is -0.379 e. The number of likely N-dealkylation sites (tertiary alicyclic amines) is 1. The van der Waals surface area contributed by atoms with Crippen molar-refractivity contribution in [1.82, 2.24) is 4.90 Å². The number of nitrogens with zero attached hydrogens (tertiary/aromatic N) is 1. The lowest BCUT2D eigenvalue weighted by molar-refractivity contribution is -0.145. The lowest BCUT2D eigenvalue weighted by Crippen LogP contribution is -2.55. The molecule has 0 aromatic carbocycles. The average Bonchev–Trinajstić information content (AvgIpc) is 2.67. The number of hydrogen-bond donors (Lipinski definition) is 0. The Bertz CT molecular complexity index is 282. The summed E-state index contributed by atoms with van der Waals surface area (Å²) in [7, 11) is 0. The molecule has 0 N–H and O–H groups in total. The molecule has 0 saturated carbocycles. The molecule has 0 spiro atoms. The van der Waals surface area contributed by atoms with Crippen molar-refractivity contribution < 1.29 is 14.3 Å². The SMILES string of the molecule is CCC1(N2CCC(=O)CC2=O)CCOC1. The number of Topliss-reactive ketones (excluding diaryl/α,β-unsaturated/α-hetero) is 1. The van der Waals surface area contributed by atoms with Gasteiger partial charge in [0.05, 0.1) is 18.6 Å². The third kappa shape index (κ3) is 1.78. The van der Waals surface area contributed by atoms with Crippen LogP contribution in [0.2, 0.25) is 0 Å². The Morgan fingerprint density at radius 2 is 2.27 bits per heavy atom. The molecule has 0 radical (unpaired) electrons. The summed E-state index contributed by atoms with van der Waals surface area (Å²) in [5.41, 5.74) is -0.127. The Morgan fingerprint density at radius 3 is 2.80 bits per heavy atom. The quantitative estimate of drug-likeness (QED) is 0.633. The highest BCUT2D eigenvalue weighted by Crippen LogP contribution is 2.31. The normalized spacial score (nSPS) is 32.5. The standard InChI is InChI=1S/C11H17NO3/c1-2-11(4-6-15-8-11)12-5-3-9(13)7-10(12)14/h2-8H2,1H3. The van der Waals surface area contributed by atoms with Crippen molar-refractivity contribution in [2.75, 3.05) is 19.8 Å². The molecule has 2 rings (SSSR count). The first-order chi connectivity index (χ1) is 7.18. The lowest BCUT2D eigenvalue weighted by Gasteiger charge is -2.41. The molecule has 0 aromatic rings. The zero-order valence-electron chi connectivity index (χ0n) is 9.12. The summed E-state index contributed by atoms with van der Waals surface area (Å²) in [4.78, 5) is 24.8. The van der Waals surface area contributed by atoms with Gasteiger partial charge in [-0.15, -0.1) is 0 Å². The zero-order chi connectivity index (χ0) is 10.9. The zero-order valence-corrected chi connectivity index (χ0v) is 9.12. The van der Waals surface area contributed by atoms with Crippen molar-refractivity contribution in [2.24, 2.45) is 0 Å². The number of ether oxygens (including phenoxy) is 1. The molecule has 1 unspecified atom stereocenters. The van der Waals surface area contributed by atoms with Gasteiger partial charge in [-0.05, 0) is 12.8 Å². The smallest absolute Gasteiger partial charge is 0.230 e. The monoisotopic (exact) mass is 211 g/mol. The van der Waals surface area contributed by atoms with Crippen LogP contribution >= 0.6 is 0 Å². The molecular formula is C11H17NO3. The van der Waals surface area contributed by atoms with Gasteiger partial charge in [0.25, 0.3) is 0 Å². The summed E-state index contributed by atoms with van der Waals surface area (Å²) in [5.74, 6) is 0.0556. The molecule has 1 atom stereocenters. The fourth-order valence-electron chi connectivity index (χ4n) is 2.49. The summed E-state index contributed by atoms with van der Waals surface area (Å²) in [6, 6.07) is 0. The summed E-state index contributed by atoms with van der Waals surface area (Å²) >= 11 is 0. The molecule has 2 aliphatic rings. The second kappa shape index (κ2) is 3.93. The van der Waals surface area contributed by atoms with Crippen LogP contribution in [0.4, 0.5) is 0 Å². The molecule has 2 heterocycles. The van der Waals surface area contributed by atoms with E-state index in [-0.39, 0.29) is 23.7 Å². The van der Waals surface area contributed by atoms with Crippen LogP contribution in [0.1, 0.15) is 32.6 Å². The van der Waals surface area contributed by atoms with Crippen LogP contribution in [0, 0.1) is 0 Å². The van der Waals surface area contributed by atoms with Crippen LogP contribution in [-0.2, 0) is 14.3 Å². The highest BCUT2D eigenvalue weighted by atomic mass is 16.5. The van der Waals surface area contributed by atoms with Crippen molar-refractivity contribution in [1.29, 1.82) is 0 Å². The molecular weight excluding hydrogens is 194 g/mol. The van der Waals surface area contributed by atoms with E-state index in [2.05, 4.69) is 6.92 Å². The predicted molar refractivity (Wildman–Crippen MR) is 54.4 cm³/mol. The number of carbonyl (C=O) groups excluding carboxylic acids is 2. The van der Waals surface area contributed by atoms with Crippen LogP contribution in [0.5, 0.6) is 0 Å². The first-order valence-electron chi connectivity index (χ1n) is 5.58. The third-order valence-electron chi connectivity index (χ3n) is 3.58. The third-order valence-corrected chi connectivity index (χ3v) is 3.58. The summed E-state index contributed by atoms with van der Waals surface area (Å²) in [6.45, 7) is 4.02. The average molecular weight is 211 g/mol. The van der Waals surface area contributed by atoms with E-state index >= 15 is 0 Å². The number of carbonyl (C=O) groups is 2. The Balaban J connectivity index is 2.14. The van der Waals surface area contributed by atoms with Crippen LogP contribution in [0.15, 0.2) is 0 Å². The van der Waals surface area contributed by atoms with E-state index in [0.717, 1.165) is 19.4 Å². The maximum absolute atomic E-state index is 11.8. The van der Waals surface area contributed by atoms with Gasteiger partial charge in [-0.25, -0.2) is 0 Å². The van der Waals surface area contributed by atoms with Crippen molar-refractivity contribution in [2.45, 2.75) is 38.1 Å². The van der Waals surface area contributed by atoms with Crippen LogP contribution < -0.4 is 0 Å². The summed E-state index contributed by atoms with van der Waals surface area (Å²) < 4.78 is 5.40. The molecule has 0 aromatic heterocycles. The Hall–Kier alpha value is -0.900. The number of rotatable bonds is 2. The van der Waals surface area contributed by atoms with Gasteiger partial charge in [-0.1, -0.05) is 6.92 Å². The Labute approximate surface area is 89.6 Å². The molecule has 0 aliphatic carbocycles. The minimum absolute atomic E-state index is 0.0152.